The summed E-state index contributed by atoms with van der Waals surface area (Å²) in [5, 5.41) is 8.70. The van der Waals surface area contributed by atoms with Gasteiger partial charge in [0.15, 0.2) is 0 Å². The smallest absolute Gasteiger partial charge is 0.250 e. The molecule has 0 saturated carbocycles. The first-order valence-corrected chi connectivity index (χ1v) is 3.90. The summed E-state index contributed by atoms with van der Waals surface area (Å²) in [5.74, 6) is -0.665. The molecule has 0 atom stereocenters. The number of rotatable bonds is 2. The zero-order valence-electron chi connectivity index (χ0n) is 7.57. The normalized spacial score (nSPS) is 9.14. The first-order valence-electron chi connectivity index (χ1n) is 3.90. The Hall–Kier alpha value is -2.15. The summed E-state index contributed by atoms with van der Waals surface area (Å²) >= 11 is 0. The van der Waals surface area contributed by atoms with Crippen LogP contribution in [0.15, 0.2) is 12.1 Å². The largest absolute Gasteiger partial charge is 0.366 e. The van der Waals surface area contributed by atoms with E-state index >= 15 is 0 Å². The molecule has 1 aromatic rings. The molecular weight excluding hydrogens is 180 g/mol. The monoisotopic (exact) mass is 188 g/mol. The second kappa shape index (κ2) is 3.71. The third kappa shape index (κ3) is 1.62. The van der Waals surface area contributed by atoms with Crippen LogP contribution in [0.4, 0.5) is 0 Å². The lowest BCUT2D eigenvalue weighted by atomic mass is 10.00. The molecule has 0 fully saturated rings. The number of nitrogens with zero attached hydrogens (tertiary/aromatic N) is 1. The molecule has 70 valence electrons. The molecule has 1 amide bonds. The van der Waals surface area contributed by atoms with Gasteiger partial charge in [0.25, 0.3) is 0 Å². The van der Waals surface area contributed by atoms with E-state index in [-0.39, 0.29) is 11.1 Å². The maximum Gasteiger partial charge on any atom is 0.250 e. The average molecular weight is 188 g/mol. The molecule has 14 heavy (non-hydrogen) atoms. The molecule has 0 aromatic heterocycles. The third-order valence-corrected chi connectivity index (χ3v) is 1.92. The van der Waals surface area contributed by atoms with Crippen molar-refractivity contribution < 1.29 is 9.59 Å². The summed E-state index contributed by atoms with van der Waals surface area (Å²) < 4.78 is 0. The number of carbonyl (C=O) groups is 2. The van der Waals surface area contributed by atoms with Crippen molar-refractivity contribution >= 4 is 12.2 Å². The van der Waals surface area contributed by atoms with Crippen LogP contribution in [-0.2, 0) is 0 Å². The molecule has 2 N–H and O–H groups in total. The maximum atomic E-state index is 10.9. The molecule has 0 aliphatic heterocycles. The van der Waals surface area contributed by atoms with Gasteiger partial charge in [0, 0.05) is 5.56 Å². The van der Waals surface area contributed by atoms with E-state index in [0.29, 0.717) is 17.4 Å². The lowest BCUT2D eigenvalue weighted by molar-refractivity contribution is 0.0999. The zero-order valence-corrected chi connectivity index (χ0v) is 7.57. The Bertz CT molecular complexity index is 444. The van der Waals surface area contributed by atoms with E-state index in [1.807, 2.05) is 6.07 Å². The summed E-state index contributed by atoms with van der Waals surface area (Å²) in [6.07, 6.45) is 0.640. The SMILES string of the molecule is Cc1cc(C(N)=O)c(C#N)cc1C=O. The Labute approximate surface area is 80.9 Å². The van der Waals surface area contributed by atoms with Crippen LogP contribution in [0.25, 0.3) is 0 Å². The number of nitrogens with two attached hydrogens (primary N) is 1. The van der Waals surface area contributed by atoms with Crippen molar-refractivity contribution in [1.82, 2.24) is 0 Å². The van der Waals surface area contributed by atoms with E-state index in [0.717, 1.165) is 0 Å². The highest BCUT2D eigenvalue weighted by Gasteiger charge is 2.10. The lowest BCUT2D eigenvalue weighted by Gasteiger charge is -2.03. The fourth-order valence-electron chi connectivity index (χ4n) is 1.15. The fourth-order valence-corrected chi connectivity index (χ4v) is 1.15. The van der Waals surface area contributed by atoms with Crippen LogP contribution in [0.3, 0.4) is 0 Å². The Morgan fingerprint density at radius 3 is 2.64 bits per heavy atom. The number of amides is 1. The summed E-state index contributed by atoms with van der Waals surface area (Å²) in [5.41, 5.74) is 6.38. The highest BCUT2D eigenvalue weighted by molar-refractivity contribution is 5.96. The Balaban J connectivity index is 3.48. The Morgan fingerprint density at radius 1 is 1.57 bits per heavy atom. The van der Waals surface area contributed by atoms with Gasteiger partial charge in [0.1, 0.15) is 6.29 Å². The molecule has 0 spiro atoms. The molecular formula is C10H8N2O2. The predicted octanol–water partition coefficient (Wildman–Crippen LogP) is 0.778. The minimum Gasteiger partial charge on any atom is -0.366 e. The van der Waals surface area contributed by atoms with Crippen molar-refractivity contribution in [1.29, 1.82) is 5.26 Å². The predicted molar refractivity (Wildman–Crippen MR) is 49.8 cm³/mol. The van der Waals surface area contributed by atoms with Gasteiger partial charge >= 0.3 is 0 Å². The van der Waals surface area contributed by atoms with Crippen LogP contribution in [0.5, 0.6) is 0 Å². The van der Waals surface area contributed by atoms with Crippen molar-refractivity contribution in [2.24, 2.45) is 5.73 Å². The van der Waals surface area contributed by atoms with Gasteiger partial charge in [-0.25, -0.2) is 0 Å². The average Bonchev–Trinajstić information content (AvgIpc) is 2.17. The fraction of sp³-hybridized carbons (Fsp3) is 0.100. The number of aryl methyl sites for hydroxylation is 1. The van der Waals surface area contributed by atoms with Crippen LogP contribution < -0.4 is 5.73 Å². The van der Waals surface area contributed by atoms with Gasteiger partial charge in [-0.15, -0.1) is 0 Å². The molecule has 1 rings (SSSR count). The standard InChI is InChI=1S/C10H8N2O2/c1-6-2-9(10(12)14)7(4-11)3-8(6)5-13/h2-3,5H,1H3,(H2,12,14). The van der Waals surface area contributed by atoms with Crippen molar-refractivity contribution in [2.45, 2.75) is 6.92 Å². The molecule has 0 heterocycles. The highest BCUT2D eigenvalue weighted by Crippen LogP contribution is 2.14. The summed E-state index contributed by atoms with van der Waals surface area (Å²) in [6, 6.07) is 4.63. The lowest BCUT2D eigenvalue weighted by Crippen LogP contribution is -2.13. The molecule has 0 unspecified atom stereocenters. The van der Waals surface area contributed by atoms with Crippen molar-refractivity contribution in [3.8, 4) is 6.07 Å². The number of aldehydes is 1. The van der Waals surface area contributed by atoms with Crippen LogP contribution in [0, 0.1) is 18.3 Å². The second-order valence-electron chi connectivity index (χ2n) is 2.85. The summed E-state index contributed by atoms with van der Waals surface area (Å²) in [6.45, 7) is 1.68. The quantitative estimate of drug-likeness (QED) is 0.696. The van der Waals surface area contributed by atoms with Crippen molar-refractivity contribution in [3.05, 3.63) is 34.4 Å². The van der Waals surface area contributed by atoms with Crippen LogP contribution >= 0.6 is 0 Å². The van der Waals surface area contributed by atoms with E-state index in [1.165, 1.54) is 12.1 Å². The third-order valence-electron chi connectivity index (χ3n) is 1.92. The van der Waals surface area contributed by atoms with E-state index in [9.17, 15) is 9.59 Å². The first kappa shape index (κ1) is 9.93. The Morgan fingerprint density at radius 2 is 2.21 bits per heavy atom. The van der Waals surface area contributed by atoms with Crippen LogP contribution in [0.1, 0.15) is 31.8 Å². The number of benzene rings is 1. The Kier molecular flexibility index (Phi) is 2.63. The topological polar surface area (TPSA) is 83.9 Å². The number of nitriles is 1. The number of hydrogen-bond acceptors (Lipinski definition) is 3. The number of primary amides is 1. The molecule has 0 aliphatic rings. The summed E-state index contributed by atoms with van der Waals surface area (Å²) in [7, 11) is 0. The molecule has 4 heteroatoms. The van der Waals surface area contributed by atoms with Gasteiger partial charge in [-0.05, 0) is 24.6 Å². The molecule has 0 saturated heterocycles. The second-order valence-corrected chi connectivity index (χ2v) is 2.85. The number of carbonyl (C=O) groups excluding carboxylic acids is 2. The minimum atomic E-state index is -0.665. The van der Waals surface area contributed by atoms with E-state index in [2.05, 4.69) is 0 Å². The van der Waals surface area contributed by atoms with Crippen LogP contribution in [-0.4, -0.2) is 12.2 Å². The van der Waals surface area contributed by atoms with Gasteiger partial charge in [-0.2, -0.15) is 5.26 Å². The van der Waals surface area contributed by atoms with E-state index < -0.39 is 5.91 Å². The maximum absolute atomic E-state index is 10.9. The summed E-state index contributed by atoms with van der Waals surface area (Å²) in [4.78, 5) is 21.5. The van der Waals surface area contributed by atoms with Gasteiger partial charge in [-0.3, -0.25) is 9.59 Å². The molecule has 0 aliphatic carbocycles. The van der Waals surface area contributed by atoms with Gasteiger partial charge in [-0.1, -0.05) is 0 Å². The van der Waals surface area contributed by atoms with Gasteiger partial charge in [0.2, 0.25) is 5.91 Å². The first-order chi connectivity index (χ1) is 6.60. The number of hydrogen-bond donors (Lipinski definition) is 1. The highest BCUT2D eigenvalue weighted by atomic mass is 16.1. The minimum absolute atomic E-state index is 0.130. The zero-order chi connectivity index (χ0) is 10.7. The van der Waals surface area contributed by atoms with Crippen molar-refractivity contribution in [2.75, 3.05) is 0 Å². The van der Waals surface area contributed by atoms with Gasteiger partial charge < -0.3 is 5.73 Å². The molecule has 0 bridgehead atoms. The van der Waals surface area contributed by atoms with E-state index in [4.69, 9.17) is 11.0 Å². The molecule has 0 radical (unpaired) electrons. The van der Waals surface area contributed by atoms with E-state index in [1.54, 1.807) is 6.92 Å². The van der Waals surface area contributed by atoms with Crippen molar-refractivity contribution in [3.63, 3.8) is 0 Å². The van der Waals surface area contributed by atoms with Gasteiger partial charge in [0.05, 0.1) is 17.2 Å². The molecule has 1 aromatic carbocycles. The van der Waals surface area contributed by atoms with Crippen LogP contribution in [0.2, 0.25) is 0 Å². The molecule has 4 nitrogen and oxygen atoms in total.